The van der Waals surface area contributed by atoms with Crippen molar-refractivity contribution in [3.05, 3.63) is 40.1 Å². The first-order valence-electron chi connectivity index (χ1n) is 5.84. The van der Waals surface area contributed by atoms with Crippen molar-refractivity contribution in [1.82, 2.24) is 5.16 Å². The predicted octanol–water partition coefficient (Wildman–Crippen LogP) is 2.46. The van der Waals surface area contributed by atoms with Gasteiger partial charge in [0.2, 0.25) is 0 Å². The summed E-state index contributed by atoms with van der Waals surface area (Å²) in [5.41, 5.74) is 0.172. The molecular formula is C13H11BrN2O5. The van der Waals surface area contributed by atoms with E-state index in [0.717, 1.165) is 0 Å². The number of hydrogen-bond acceptors (Lipinski definition) is 5. The topological polar surface area (TPSA) is 102 Å². The van der Waals surface area contributed by atoms with E-state index in [-0.39, 0.29) is 23.7 Å². The van der Waals surface area contributed by atoms with Gasteiger partial charge < -0.3 is 19.7 Å². The fourth-order valence-corrected chi connectivity index (χ4v) is 1.90. The largest absolute Gasteiger partial charge is 0.478 e. The first-order valence-corrected chi connectivity index (χ1v) is 6.64. The van der Waals surface area contributed by atoms with Crippen molar-refractivity contribution < 1.29 is 24.0 Å². The zero-order chi connectivity index (χ0) is 15.4. The number of carboxylic acids is 1. The van der Waals surface area contributed by atoms with Gasteiger partial charge in [0, 0.05) is 10.5 Å². The van der Waals surface area contributed by atoms with Gasteiger partial charge in [0.25, 0.3) is 11.8 Å². The number of aromatic carboxylic acids is 1. The zero-order valence-electron chi connectivity index (χ0n) is 10.9. The van der Waals surface area contributed by atoms with Crippen LogP contribution in [0.3, 0.4) is 0 Å². The Hall–Kier alpha value is -2.35. The number of hydrogen-bond donors (Lipinski definition) is 2. The summed E-state index contributed by atoms with van der Waals surface area (Å²) in [6.45, 7) is 1.39. The molecule has 0 radical (unpaired) electrons. The van der Waals surface area contributed by atoms with E-state index in [9.17, 15) is 9.59 Å². The molecule has 0 aliphatic rings. The minimum Gasteiger partial charge on any atom is -0.478 e. The van der Waals surface area contributed by atoms with E-state index >= 15 is 0 Å². The molecule has 1 aromatic heterocycles. The summed E-state index contributed by atoms with van der Waals surface area (Å²) in [6, 6.07) is 6.01. The van der Waals surface area contributed by atoms with Crippen LogP contribution < -0.4 is 10.1 Å². The number of nitrogens with one attached hydrogen (secondary N) is 1. The molecule has 0 aliphatic carbocycles. The molecule has 0 aliphatic heterocycles. The highest BCUT2D eigenvalue weighted by Crippen LogP contribution is 2.21. The van der Waals surface area contributed by atoms with Crippen LogP contribution in [-0.4, -0.2) is 28.7 Å². The second kappa shape index (κ2) is 6.40. The lowest BCUT2D eigenvalue weighted by Gasteiger charge is -2.09. The first kappa shape index (κ1) is 15.0. The van der Waals surface area contributed by atoms with Gasteiger partial charge >= 0.3 is 5.97 Å². The molecule has 1 aromatic carbocycles. The number of aryl methyl sites for hydroxylation is 1. The number of halogens is 1. The molecule has 0 atom stereocenters. The quantitative estimate of drug-likeness (QED) is 0.854. The number of rotatable bonds is 5. The van der Waals surface area contributed by atoms with Gasteiger partial charge in [-0.25, -0.2) is 4.79 Å². The van der Waals surface area contributed by atoms with Crippen LogP contribution in [0.15, 0.2) is 33.3 Å². The molecule has 2 rings (SSSR count). The van der Waals surface area contributed by atoms with Crippen molar-refractivity contribution >= 4 is 33.5 Å². The summed E-state index contributed by atoms with van der Waals surface area (Å²) < 4.78 is 10.6. The molecule has 21 heavy (non-hydrogen) atoms. The van der Waals surface area contributed by atoms with E-state index < -0.39 is 11.9 Å². The SMILES string of the molecule is Cc1cc(OCC(=O)Nc2cc(Br)ccc2C(=O)O)no1. The van der Waals surface area contributed by atoms with Crippen LogP contribution >= 0.6 is 15.9 Å². The highest BCUT2D eigenvalue weighted by molar-refractivity contribution is 9.10. The molecule has 1 amide bonds. The maximum atomic E-state index is 11.8. The van der Waals surface area contributed by atoms with Crippen LogP contribution in [0.2, 0.25) is 0 Å². The van der Waals surface area contributed by atoms with Crippen LogP contribution in [0.4, 0.5) is 5.69 Å². The Labute approximate surface area is 128 Å². The lowest BCUT2D eigenvalue weighted by atomic mass is 10.2. The van der Waals surface area contributed by atoms with E-state index in [1.165, 1.54) is 18.2 Å². The van der Waals surface area contributed by atoms with E-state index in [1.807, 2.05) is 0 Å². The molecule has 8 heteroatoms. The molecular weight excluding hydrogens is 344 g/mol. The number of anilines is 1. The van der Waals surface area contributed by atoms with E-state index in [2.05, 4.69) is 26.4 Å². The normalized spacial score (nSPS) is 10.2. The van der Waals surface area contributed by atoms with Crippen molar-refractivity contribution in [2.75, 3.05) is 11.9 Å². The fourth-order valence-electron chi connectivity index (χ4n) is 1.54. The number of carbonyl (C=O) groups excluding carboxylic acids is 1. The highest BCUT2D eigenvalue weighted by atomic mass is 79.9. The summed E-state index contributed by atoms with van der Waals surface area (Å²) in [5, 5.41) is 15.1. The molecule has 0 bridgehead atoms. The molecule has 110 valence electrons. The Morgan fingerprint density at radius 2 is 2.19 bits per heavy atom. The summed E-state index contributed by atoms with van der Waals surface area (Å²) in [5.74, 6) is -0.886. The highest BCUT2D eigenvalue weighted by Gasteiger charge is 2.13. The summed E-state index contributed by atoms with van der Waals surface area (Å²) >= 11 is 3.22. The van der Waals surface area contributed by atoms with Crippen LogP contribution in [0.25, 0.3) is 0 Å². The molecule has 0 spiro atoms. The number of carbonyl (C=O) groups is 2. The number of aromatic nitrogens is 1. The fraction of sp³-hybridized carbons (Fsp3) is 0.154. The summed E-state index contributed by atoms with van der Waals surface area (Å²) in [7, 11) is 0. The monoisotopic (exact) mass is 354 g/mol. The van der Waals surface area contributed by atoms with Crippen LogP contribution in [0.1, 0.15) is 16.1 Å². The molecule has 0 saturated heterocycles. The van der Waals surface area contributed by atoms with Crippen LogP contribution in [0, 0.1) is 6.92 Å². The van der Waals surface area contributed by atoms with Gasteiger partial charge in [0.05, 0.1) is 11.3 Å². The number of nitrogens with zero attached hydrogens (tertiary/aromatic N) is 1. The Balaban J connectivity index is 2.02. The molecule has 0 unspecified atom stereocenters. The van der Waals surface area contributed by atoms with Gasteiger partial charge in [-0.15, -0.1) is 0 Å². The van der Waals surface area contributed by atoms with Crippen LogP contribution in [-0.2, 0) is 4.79 Å². The Morgan fingerprint density at radius 1 is 1.43 bits per heavy atom. The smallest absolute Gasteiger partial charge is 0.337 e. The third-order valence-electron chi connectivity index (χ3n) is 2.44. The van der Waals surface area contributed by atoms with Crippen molar-refractivity contribution in [2.24, 2.45) is 0 Å². The number of ether oxygens (including phenoxy) is 1. The molecule has 0 saturated carbocycles. The van der Waals surface area contributed by atoms with Gasteiger partial charge in [0.1, 0.15) is 5.76 Å². The maximum absolute atomic E-state index is 11.8. The third-order valence-corrected chi connectivity index (χ3v) is 2.94. The predicted molar refractivity (Wildman–Crippen MR) is 76.5 cm³/mol. The molecule has 1 heterocycles. The van der Waals surface area contributed by atoms with Gasteiger partial charge in [0.15, 0.2) is 6.61 Å². The lowest BCUT2D eigenvalue weighted by Crippen LogP contribution is -2.21. The van der Waals surface area contributed by atoms with Gasteiger partial charge in [-0.3, -0.25) is 4.79 Å². The molecule has 7 nitrogen and oxygen atoms in total. The molecule has 2 N–H and O–H groups in total. The lowest BCUT2D eigenvalue weighted by molar-refractivity contribution is -0.118. The summed E-state index contributed by atoms with van der Waals surface area (Å²) in [6.07, 6.45) is 0. The van der Waals surface area contributed by atoms with Gasteiger partial charge in [-0.05, 0) is 30.3 Å². The number of amides is 1. The third kappa shape index (κ3) is 4.06. The average molecular weight is 355 g/mol. The van der Waals surface area contributed by atoms with E-state index in [4.69, 9.17) is 14.4 Å². The minimum absolute atomic E-state index is 0.0103. The molecule has 2 aromatic rings. The minimum atomic E-state index is -1.13. The van der Waals surface area contributed by atoms with Gasteiger partial charge in [-0.2, -0.15) is 0 Å². The number of carboxylic acid groups (broad SMARTS) is 1. The van der Waals surface area contributed by atoms with Crippen molar-refractivity contribution in [3.63, 3.8) is 0 Å². The second-order valence-electron chi connectivity index (χ2n) is 4.11. The Kier molecular flexibility index (Phi) is 4.59. The summed E-state index contributed by atoms with van der Waals surface area (Å²) in [4.78, 5) is 22.9. The number of benzene rings is 1. The van der Waals surface area contributed by atoms with E-state index in [1.54, 1.807) is 13.0 Å². The second-order valence-corrected chi connectivity index (χ2v) is 5.02. The van der Waals surface area contributed by atoms with Gasteiger partial charge in [-0.1, -0.05) is 15.9 Å². The van der Waals surface area contributed by atoms with Crippen LogP contribution in [0.5, 0.6) is 5.88 Å². The van der Waals surface area contributed by atoms with Crippen molar-refractivity contribution in [3.8, 4) is 5.88 Å². The maximum Gasteiger partial charge on any atom is 0.337 e. The zero-order valence-corrected chi connectivity index (χ0v) is 12.5. The van der Waals surface area contributed by atoms with Crippen molar-refractivity contribution in [1.29, 1.82) is 0 Å². The average Bonchev–Trinajstić information content (AvgIpc) is 2.82. The van der Waals surface area contributed by atoms with E-state index in [0.29, 0.717) is 10.2 Å². The first-order chi connectivity index (χ1) is 9.95. The van der Waals surface area contributed by atoms with Crippen molar-refractivity contribution in [2.45, 2.75) is 6.92 Å². The molecule has 0 fully saturated rings. The standard InChI is InChI=1S/C13H11BrN2O5/c1-7-4-12(16-21-7)20-6-11(17)15-10-5-8(14)2-3-9(10)13(18)19/h2-5H,6H2,1H3,(H,15,17)(H,18,19). The Morgan fingerprint density at radius 3 is 2.81 bits per heavy atom. The Bertz CT molecular complexity index is 683.